The fraction of sp³-hybridized carbons (Fsp3) is 0.0455. The lowest BCUT2D eigenvalue weighted by atomic mass is 10.1. The number of para-hydroxylation sites is 1. The van der Waals surface area contributed by atoms with Crippen LogP contribution in [0.2, 0.25) is 0 Å². The molecule has 3 aromatic carbocycles. The van der Waals surface area contributed by atoms with Crippen LogP contribution in [-0.2, 0) is 0 Å². The average Bonchev–Trinajstić information content (AvgIpc) is 3.14. The van der Waals surface area contributed by atoms with Crippen molar-refractivity contribution in [2.45, 2.75) is 6.92 Å². The molecule has 0 saturated carbocycles. The van der Waals surface area contributed by atoms with E-state index in [9.17, 15) is 0 Å². The van der Waals surface area contributed by atoms with Gasteiger partial charge in [0.25, 0.3) is 0 Å². The Labute approximate surface area is 157 Å². The molecule has 0 radical (unpaired) electrons. The van der Waals surface area contributed by atoms with Gasteiger partial charge in [0, 0.05) is 21.9 Å². The number of hydrogen-bond donors (Lipinski definition) is 0. The topological polar surface area (TPSA) is 51.8 Å². The molecule has 2 heterocycles. The van der Waals surface area contributed by atoms with Crippen molar-refractivity contribution < 1.29 is 11.3 Å². The Bertz CT molecular complexity index is 1480. The maximum Gasteiger partial charge on any atom is 0.163 e. The zero-order valence-corrected chi connectivity index (χ0v) is 13.8. The van der Waals surface area contributed by atoms with Gasteiger partial charge in [-0.05, 0) is 25.1 Å². The summed E-state index contributed by atoms with van der Waals surface area (Å²) >= 11 is 0. The van der Waals surface area contributed by atoms with Crippen molar-refractivity contribution in [1.82, 2.24) is 15.0 Å². The van der Waals surface area contributed by atoms with E-state index >= 15 is 0 Å². The SMILES string of the molecule is [2H]c1c([2H])c([2H])c(-c2nc(C)nc(-c3ccc4c(c3)oc3ccccc34)n2)c([2H])c1[2H]. The third kappa shape index (κ3) is 2.43. The van der Waals surface area contributed by atoms with E-state index in [4.69, 9.17) is 11.3 Å². The van der Waals surface area contributed by atoms with Gasteiger partial charge >= 0.3 is 0 Å². The van der Waals surface area contributed by atoms with E-state index in [0.29, 0.717) is 22.8 Å². The number of hydrogen-bond acceptors (Lipinski definition) is 4. The molecule has 0 aliphatic rings. The molecule has 26 heavy (non-hydrogen) atoms. The fourth-order valence-electron chi connectivity index (χ4n) is 2.95. The lowest BCUT2D eigenvalue weighted by Gasteiger charge is -2.05. The van der Waals surface area contributed by atoms with Crippen molar-refractivity contribution >= 4 is 21.9 Å². The molecule has 0 amide bonds. The first-order chi connectivity index (χ1) is 14.8. The number of furan rings is 1. The van der Waals surface area contributed by atoms with E-state index in [1.54, 1.807) is 6.92 Å². The Hall–Kier alpha value is -3.53. The largest absolute Gasteiger partial charge is 0.456 e. The normalized spacial score (nSPS) is 14.0. The highest BCUT2D eigenvalue weighted by atomic mass is 16.3. The Morgan fingerprint density at radius 1 is 0.769 bits per heavy atom. The minimum atomic E-state index is -0.458. The monoisotopic (exact) mass is 342 g/mol. The summed E-state index contributed by atoms with van der Waals surface area (Å²) in [6.07, 6.45) is 0. The van der Waals surface area contributed by atoms with Crippen molar-refractivity contribution in [3.05, 3.63) is 78.5 Å². The molecule has 0 N–H and O–H groups in total. The molecule has 0 bridgehead atoms. The number of nitrogens with zero attached hydrogens (tertiary/aromatic N) is 3. The third-order valence-corrected chi connectivity index (χ3v) is 4.11. The maximum absolute atomic E-state index is 8.20. The summed E-state index contributed by atoms with van der Waals surface area (Å²) in [4.78, 5) is 13.1. The van der Waals surface area contributed by atoms with E-state index in [1.807, 2.05) is 42.5 Å². The number of rotatable bonds is 2. The molecular weight excluding hydrogens is 322 g/mol. The van der Waals surface area contributed by atoms with E-state index in [1.165, 1.54) is 0 Å². The van der Waals surface area contributed by atoms with E-state index in [2.05, 4.69) is 15.0 Å². The Morgan fingerprint density at radius 3 is 2.35 bits per heavy atom. The highest BCUT2D eigenvalue weighted by molar-refractivity contribution is 6.05. The average molecular weight is 342 g/mol. The van der Waals surface area contributed by atoms with Crippen LogP contribution in [0.4, 0.5) is 0 Å². The molecule has 0 saturated heterocycles. The predicted octanol–water partition coefficient (Wildman–Crippen LogP) is 5.41. The second-order valence-corrected chi connectivity index (χ2v) is 5.84. The second-order valence-electron chi connectivity index (χ2n) is 5.84. The van der Waals surface area contributed by atoms with E-state index in [0.717, 1.165) is 16.4 Å². The first-order valence-corrected chi connectivity index (χ1v) is 8.07. The Balaban J connectivity index is 1.71. The highest BCUT2D eigenvalue weighted by Gasteiger charge is 2.11. The number of aryl methyl sites for hydroxylation is 1. The van der Waals surface area contributed by atoms with Crippen molar-refractivity contribution in [3.63, 3.8) is 0 Å². The summed E-state index contributed by atoms with van der Waals surface area (Å²) in [5.41, 5.74) is 2.08. The van der Waals surface area contributed by atoms with Crippen LogP contribution in [0.1, 0.15) is 12.7 Å². The molecule has 5 rings (SSSR count). The lowest BCUT2D eigenvalue weighted by Crippen LogP contribution is -1.99. The summed E-state index contributed by atoms with van der Waals surface area (Å²) in [6.45, 7) is 1.67. The maximum atomic E-state index is 8.20. The van der Waals surface area contributed by atoms with Crippen LogP contribution in [0.3, 0.4) is 0 Å². The first-order valence-electron chi connectivity index (χ1n) is 10.6. The van der Waals surface area contributed by atoms with Gasteiger partial charge in [0.2, 0.25) is 0 Å². The summed E-state index contributed by atoms with van der Waals surface area (Å²) in [5, 5.41) is 1.98. The smallest absolute Gasteiger partial charge is 0.163 e. The lowest BCUT2D eigenvalue weighted by molar-refractivity contribution is 0.669. The molecule has 0 spiro atoms. The van der Waals surface area contributed by atoms with Crippen LogP contribution >= 0.6 is 0 Å². The summed E-state index contributed by atoms with van der Waals surface area (Å²) < 4.78 is 45.9. The summed E-state index contributed by atoms with van der Waals surface area (Å²) in [5.74, 6) is 0.734. The molecule has 0 atom stereocenters. The molecule has 0 unspecified atom stereocenters. The highest BCUT2D eigenvalue weighted by Crippen LogP contribution is 2.31. The van der Waals surface area contributed by atoms with Crippen LogP contribution in [0, 0.1) is 6.92 Å². The fourth-order valence-corrected chi connectivity index (χ4v) is 2.95. The molecule has 124 valence electrons. The van der Waals surface area contributed by atoms with Gasteiger partial charge < -0.3 is 4.42 Å². The molecule has 5 aromatic rings. The van der Waals surface area contributed by atoms with Crippen LogP contribution in [0.15, 0.2) is 77.1 Å². The molecule has 0 fully saturated rings. The predicted molar refractivity (Wildman–Crippen MR) is 103 cm³/mol. The molecular formula is C22H15N3O. The van der Waals surface area contributed by atoms with Gasteiger partial charge in [0.15, 0.2) is 11.6 Å². The van der Waals surface area contributed by atoms with Gasteiger partial charge in [-0.3, -0.25) is 0 Å². The summed E-state index contributed by atoms with van der Waals surface area (Å²) in [6, 6.07) is 11.4. The zero-order chi connectivity index (χ0) is 21.9. The minimum Gasteiger partial charge on any atom is -0.456 e. The molecule has 4 heteroatoms. The number of benzene rings is 3. The van der Waals surface area contributed by atoms with E-state index in [-0.39, 0.29) is 23.5 Å². The van der Waals surface area contributed by atoms with Crippen LogP contribution in [-0.4, -0.2) is 15.0 Å². The summed E-state index contributed by atoms with van der Waals surface area (Å²) in [7, 11) is 0. The molecule has 0 aliphatic carbocycles. The Kier molecular flexibility index (Phi) is 2.32. The minimum absolute atomic E-state index is 0.0317. The number of aromatic nitrogens is 3. The first kappa shape index (κ1) is 10.5. The van der Waals surface area contributed by atoms with Gasteiger partial charge in [-0.25, -0.2) is 15.0 Å². The van der Waals surface area contributed by atoms with Gasteiger partial charge in [0.1, 0.15) is 17.0 Å². The molecule has 0 aliphatic heterocycles. The van der Waals surface area contributed by atoms with Gasteiger partial charge in [-0.15, -0.1) is 0 Å². The Morgan fingerprint density at radius 2 is 1.50 bits per heavy atom. The molecule has 2 aromatic heterocycles. The second kappa shape index (κ2) is 5.77. The van der Waals surface area contributed by atoms with Crippen LogP contribution < -0.4 is 0 Å². The van der Waals surface area contributed by atoms with Gasteiger partial charge in [-0.2, -0.15) is 0 Å². The molecule has 4 nitrogen and oxygen atoms in total. The number of fused-ring (bicyclic) bond motifs is 3. The standard InChI is InChI=1S/C22H15N3O/c1-14-23-21(15-7-3-2-4-8-15)25-22(24-14)16-11-12-18-17-9-5-6-10-19(17)26-20(18)13-16/h2-13H,1H3/i2D,3D,4D,7D,8D. The van der Waals surface area contributed by atoms with Gasteiger partial charge in [-0.1, -0.05) is 54.5 Å². The van der Waals surface area contributed by atoms with Crippen molar-refractivity contribution in [1.29, 1.82) is 0 Å². The van der Waals surface area contributed by atoms with Crippen LogP contribution in [0.5, 0.6) is 0 Å². The van der Waals surface area contributed by atoms with Crippen molar-refractivity contribution in [2.24, 2.45) is 0 Å². The van der Waals surface area contributed by atoms with Crippen LogP contribution in [0.25, 0.3) is 44.7 Å². The van der Waals surface area contributed by atoms with Crippen molar-refractivity contribution in [2.75, 3.05) is 0 Å². The quantitative estimate of drug-likeness (QED) is 0.430. The zero-order valence-electron chi connectivity index (χ0n) is 18.8. The van der Waals surface area contributed by atoms with Crippen molar-refractivity contribution in [3.8, 4) is 22.8 Å². The third-order valence-electron chi connectivity index (χ3n) is 4.11. The van der Waals surface area contributed by atoms with E-state index < -0.39 is 18.1 Å². The van der Waals surface area contributed by atoms with Gasteiger partial charge in [0.05, 0.1) is 6.85 Å².